The average Bonchev–Trinajstić information content (AvgIpc) is 2.84. The van der Waals surface area contributed by atoms with Crippen molar-refractivity contribution in [1.29, 1.82) is 0 Å². The number of hydrogen-bond acceptors (Lipinski definition) is 5. The minimum Gasteiger partial charge on any atom is -0.466 e. The third kappa shape index (κ3) is 5.25. The molecule has 0 aliphatic carbocycles. The molecule has 0 saturated heterocycles. The quantitative estimate of drug-likeness (QED) is 0.675. The molecule has 0 bridgehead atoms. The first-order valence-electron chi connectivity index (χ1n) is 7.38. The second-order valence-electron chi connectivity index (χ2n) is 4.98. The van der Waals surface area contributed by atoms with E-state index in [1.54, 1.807) is 13.8 Å². The van der Waals surface area contributed by atoms with Crippen molar-refractivity contribution in [3.8, 4) is 0 Å². The fourth-order valence-electron chi connectivity index (χ4n) is 2.02. The van der Waals surface area contributed by atoms with Crippen LogP contribution in [0.4, 0.5) is 0 Å². The number of carbonyl (C=O) groups excluding carboxylic acids is 2. The Labute approximate surface area is 125 Å². The van der Waals surface area contributed by atoms with Gasteiger partial charge in [0, 0.05) is 19.3 Å². The van der Waals surface area contributed by atoms with Crippen LogP contribution in [0.5, 0.6) is 0 Å². The molecule has 1 aliphatic heterocycles. The number of hydrogen-bond donors (Lipinski definition) is 0. The monoisotopic (exact) mass is 296 g/mol. The maximum atomic E-state index is 11.9. The molecule has 1 heterocycles. The van der Waals surface area contributed by atoms with Crippen molar-refractivity contribution in [2.75, 3.05) is 13.2 Å². The van der Waals surface area contributed by atoms with Gasteiger partial charge in [-0.2, -0.15) is 0 Å². The van der Waals surface area contributed by atoms with Gasteiger partial charge in [0.25, 0.3) is 0 Å². The van der Waals surface area contributed by atoms with E-state index in [1.807, 2.05) is 13.8 Å². The van der Waals surface area contributed by atoms with Crippen LogP contribution in [0.15, 0.2) is 22.7 Å². The zero-order valence-electron chi connectivity index (χ0n) is 13.3. The summed E-state index contributed by atoms with van der Waals surface area (Å²) in [5.41, 5.74) is 1.61. The van der Waals surface area contributed by atoms with Crippen molar-refractivity contribution in [2.45, 2.75) is 53.4 Å². The van der Waals surface area contributed by atoms with Gasteiger partial charge < -0.3 is 14.2 Å². The standard InChI is InChI=1S/C16H24O5/c1-5-19-15(17)9-7-8-13-12(16(18)20-6-2)10-14(21-13)11(3)4/h5-10H2,1-4H3. The zero-order chi connectivity index (χ0) is 15.8. The fourth-order valence-corrected chi connectivity index (χ4v) is 2.02. The molecular weight excluding hydrogens is 272 g/mol. The summed E-state index contributed by atoms with van der Waals surface area (Å²) in [4.78, 5) is 23.3. The number of ether oxygens (including phenoxy) is 3. The maximum Gasteiger partial charge on any atom is 0.337 e. The highest BCUT2D eigenvalue weighted by atomic mass is 16.5. The summed E-state index contributed by atoms with van der Waals surface area (Å²) in [5.74, 6) is 0.856. The third-order valence-electron chi connectivity index (χ3n) is 3.09. The Morgan fingerprint density at radius 3 is 2.38 bits per heavy atom. The number of carbonyl (C=O) groups is 2. The van der Waals surface area contributed by atoms with Crippen LogP contribution in [0.3, 0.4) is 0 Å². The Morgan fingerprint density at radius 2 is 1.81 bits per heavy atom. The van der Waals surface area contributed by atoms with Crippen LogP contribution in [0.1, 0.15) is 53.4 Å². The minimum atomic E-state index is -0.333. The Kier molecular flexibility index (Phi) is 6.99. The molecule has 118 valence electrons. The number of esters is 2. The summed E-state index contributed by atoms with van der Waals surface area (Å²) in [7, 11) is 0. The molecule has 0 radical (unpaired) electrons. The van der Waals surface area contributed by atoms with Gasteiger partial charge in [-0.1, -0.05) is 0 Å². The predicted molar refractivity (Wildman–Crippen MR) is 78.2 cm³/mol. The van der Waals surface area contributed by atoms with E-state index in [-0.39, 0.29) is 11.9 Å². The molecule has 0 unspecified atom stereocenters. The molecule has 0 fully saturated rings. The fraction of sp³-hybridized carbons (Fsp3) is 0.625. The second-order valence-corrected chi connectivity index (χ2v) is 4.98. The van der Waals surface area contributed by atoms with Crippen molar-refractivity contribution >= 4 is 11.9 Å². The van der Waals surface area contributed by atoms with Crippen LogP contribution < -0.4 is 0 Å². The third-order valence-corrected chi connectivity index (χ3v) is 3.09. The number of allylic oxidation sites excluding steroid dienone is 3. The summed E-state index contributed by atoms with van der Waals surface area (Å²) in [6.45, 7) is 8.16. The molecular formula is C16H24O5. The summed E-state index contributed by atoms with van der Waals surface area (Å²) < 4.78 is 15.7. The lowest BCUT2D eigenvalue weighted by molar-refractivity contribution is -0.143. The summed E-state index contributed by atoms with van der Waals surface area (Å²) in [6, 6.07) is 0. The minimum absolute atomic E-state index is 0.226. The van der Waals surface area contributed by atoms with Gasteiger partial charge in [0.1, 0.15) is 11.5 Å². The molecule has 0 aromatic rings. The SMILES string of the molecule is CCOC(=O)CCCC1=C(C(=O)OCC)CC(=C(C)C)O1. The van der Waals surface area contributed by atoms with Crippen LogP contribution in [-0.4, -0.2) is 25.2 Å². The Balaban J connectivity index is 2.68. The molecule has 1 aliphatic rings. The summed E-state index contributed by atoms with van der Waals surface area (Å²) >= 11 is 0. The number of rotatable bonds is 7. The van der Waals surface area contributed by atoms with Gasteiger partial charge in [0.2, 0.25) is 0 Å². The smallest absolute Gasteiger partial charge is 0.337 e. The van der Waals surface area contributed by atoms with Gasteiger partial charge in [-0.25, -0.2) is 4.79 Å². The molecule has 5 nitrogen and oxygen atoms in total. The van der Waals surface area contributed by atoms with Gasteiger partial charge in [0.05, 0.1) is 18.8 Å². The van der Waals surface area contributed by atoms with Crippen LogP contribution in [0, 0.1) is 0 Å². The van der Waals surface area contributed by atoms with E-state index in [0.29, 0.717) is 50.2 Å². The molecule has 0 amide bonds. The van der Waals surface area contributed by atoms with Gasteiger partial charge in [-0.05, 0) is 39.7 Å². The molecule has 0 N–H and O–H groups in total. The lowest BCUT2D eigenvalue weighted by atomic mass is 10.1. The molecule has 5 heteroatoms. The van der Waals surface area contributed by atoms with E-state index in [0.717, 1.165) is 11.3 Å². The first kappa shape index (κ1) is 17.3. The zero-order valence-corrected chi connectivity index (χ0v) is 13.3. The van der Waals surface area contributed by atoms with E-state index >= 15 is 0 Å². The van der Waals surface area contributed by atoms with Crippen molar-refractivity contribution < 1.29 is 23.8 Å². The van der Waals surface area contributed by atoms with E-state index < -0.39 is 0 Å². The van der Waals surface area contributed by atoms with Gasteiger partial charge in [0.15, 0.2) is 0 Å². The Hall–Kier alpha value is -1.78. The highest BCUT2D eigenvalue weighted by Gasteiger charge is 2.27. The van der Waals surface area contributed by atoms with Crippen molar-refractivity contribution in [1.82, 2.24) is 0 Å². The van der Waals surface area contributed by atoms with Crippen LogP contribution in [0.2, 0.25) is 0 Å². The Morgan fingerprint density at radius 1 is 1.14 bits per heavy atom. The maximum absolute atomic E-state index is 11.9. The molecule has 21 heavy (non-hydrogen) atoms. The van der Waals surface area contributed by atoms with Gasteiger partial charge in [-0.15, -0.1) is 0 Å². The normalized spacial score (nSPS) is 14.0. The van der Waals surface area contributed by atoms with Crippen LogP contribution in [0.25, 0.3) is 0 Å². The highest BCUT2D eigenvalue weighted by molar-refractivity contribution is 5.90. The van der Waals surface area contributed by atoms with Gasteiger partial charge in [-0.3, -0.25) is 4.79 Å². The summed E-state index contributed by atoms with van der Waals surface area (Å²) in [5, 5.41) is 0. The van der Waals surface area contributed by atoms with Crippen molar-refractivity contribution in [2.24, 2.45) is 0 Å². The molecule has 0 aromatic carbocycles. The first-order chi connectivity index (χ1) is 9.99. The summed E-state index contributed by atoms with van der Waals surface area (Å²) in [6.07, 6.45) is 1.91. The van der Waals surface area contributed by atoms with Crippen molar-refractivity contribution in [3.05, 3.63) is 22.7 Å². The lowest BCUT2D eigenvalue weighted by Gasteiger charge is -2.07. The van der Waals surface area contributed by atoms with E-state index in [1.165, 1.54) is 0 Å². The molecule has 1 rings (SSSR count). The van der Waals surface area contributed by atoms with E-state index in [2.05, 4.69) is 0 Å². The van der Waals surface area contributed by atoms with Crippen molar-refractivity contribution in [3.63, 3.8) is 0 Å². The van der Waals surface area contributed by atoms with Gasteiger partial charge >= 0.3 is 11.9 Å². The molecule has 0 saturated carbocycles. The largest absolute Gasteiger partial charge is 0.466 e. The van der Waals surface area contributed by atoms with Crippen LogP contribution in [-0.2, 0) is 23.8 Å². The average molecular weight is 296 g/mol. The highest BCUT2D eigenvalue weighted by Crippen LogP contribution is 2.33. The molecule has 0 aromatic heterocycles. The van der Waals surface area contributed by atoms with Crippen LogP contribution >= 0.6 is 0 Å². The van der Waals surface area contributed by atoms with E-state index in [4.69, 9.17) is 14.2 Å². The predicted octanol–water partition coefficient (Wildman–Crippen LogP) is 3.25. The topological polar surface area (TPSA) is 61.8 Å². The Bertz CT molecular complexity index is 455. The van der Waals surface area contributed by atoms with E-state index in [9.17, 15) is 9.59 Å². The molecule has 0 atom stereocenters. The molecule has 0 spiro atoms. The second kappa shape index (κ2) is 8.49. The first-order valence-corrected chi connectivity index (χ1v) is 7.38. The lowest BCUT2D eigenvalue weighted by Crippen LogP contribution is -2.08.